The number of likely N-dealkylation sites (tertiary alicyclic amines) is 1. The molecule has 5 nitrogen and oxygen atoms in total. The smallest absolute Gasteiger partial charge is 0.259 e. The third kappa shape index (κ3) is 2.93. The zero-order valence-electron chi connectivity index (χ0n) is 14.3. The van der Waals surface area contributed by atoms with Crippen molar-refractivity contribution in [2.45, 2.75) is 57.7 Å². The number of piperidine rings is 1. The summed E-state index contributed by atoms with van der Waals surface area (Å²) in [5, 5.41) is 0.659. The summed E-state index contributed by atoms with van der Waals surface area (Å²) >= 11 is 0. The van der Waals surface area contributed by atoms with Crippen molar-refractivity contribution in [1.29, 1.82) is 0 Å². The molecule has 3 heterocycles. The van der Waals surface area contributed by atoms with Gasteiger partial charge in [0.05, 0.1) is 10.9 Å². The lowest BCUT2D eigenvalue weighted by Gasteiger charge is -2.41. The van der Waals surface area contributed by atoms with Gasteiger partial charge in [0.2, 0.25) is 5.88 Å². The van der Waals surface area contributed by atoms with Crippen molar-refractivity contribution in [3.05, 3.63) is 34.7 Å². The van der Waals surface area contributed by atoms with Gasteiger partial charge in [-0.1, -0.05) is 6.42 Å². The molecule has 5 heteroatoms. The molecule has 0 amide bonds. The molecule has 2 aromatic rings. The van der Waals surface area contributed by atoms with E-state index in [4.69, 9.17) is 4.74 Å². The highest BCUT2D eigenvalue weighted by Gasteiger charge is 2.29. The first-order chi connectivity index (χ1) is 11.7. The fourth-order valence-electron chi connectivity index (χ4n) is 3.74. The van der Waals surface area contributed by atoms with E-state index >= 15 is 0 Å². The predicted octanol–water partition coefficient (Wildman–Crippen LogP) is 2.81. The molecule has 24 heavy (non-hydrogen) atoms. The quantitative estimate of drug-likeness (QED) is 0.866. The Kier molecular flexibility index (Phi) is 4.27. The Morgan fingerprint density at radius 2 is 1.96 bits per heavy atom. The first-order valence-electron chi connectivity index (χ1n) is 9.15. The van der Waals surface area contributed by atoms with E-state index in [-0.39, 0.29) is 11.7 Å². The molecule has 0 N–H and O–H groups in total. The van der Waals surface area contributed by atoms with E-state index in [0.29, 0.717) is 23.3 Å². The number of rotatable bonds is 4. The van der Waals surface area contributed by atoms with E-state index in [1.807, 2.05) is 25.1 Å². The van der Waals surface area contributed by atoms with E-state index in [1.165, 1.54) is 19.3 Å². The van der Waals surface area contributed by atoms with E-state index < -0.39 is 0 Å². The van der Waals surface area contributed by atoms with Gasteiger partial charge in [-0.2, -0.15) is 0 Å². The number of ether oxygens (including phenoxy) is 1. The summed E-state index contributed by atoms with van der Waals surface area (Å²) in [6, 6.07) is 6.40. The minimum Gasteiger partial charge on any atom is -0.474 e. The average Bonchev–Trinajstić information content (AvgIpc) is 2.55. The molecule has 1 aliphatic heterocycles. The van der Waals surface area contributed by atoms with Gasteiger partial charge in [-0.05, 0) is 44.7 Å². The number of hydrogen-bond donors (Lipinski definition) is 0. The fraction of sp³-hybridized carbons (Fsp3) is 0.579. The number of hydrogen-bond acceptors (Lipinski definition) is 4. The first kappa shape index (κ1) is 15.6. The number of aromatic nitrogens is 2. The van der Waals surface area contributed by atoms with Crippen LogP contribution in [0.25, 0.3) is 10.9 Å². The van der Waals surface area contributed by atoms with Crippen LogP contribution in [0.1, 0.15) is 39.0 Å². The first-order valence-corrected chi connectivity index (χ1v) is 9.15. The van der Waals surface area contributed by atoms with Crippen LogP contribution in [0.15, 0.2) is 29.2 Å². The minimum atomic E-state index is 0.0165. The number of pyridine rings is 2. The van der Waals surface area contributed by atoms with E-state index in [9.17, 15) is 4.79 Å². The highest BCUT2D eigenvalue weighted by Crippen LogP contribution is 2.28. The van der Waals surface area contributed by atoms with Crippen LogP contribution < -0.4 is 10.3 Å². The van der Waals surface area contributed by atoms with Gasteiger partial charge >= 0.3 is 0 Å². The van der Waals surface area contributed by atoms with Crippen LogP contribution in [-0.2, 0) is 6.54 Å². The van der Waals surface area contributed by atoms with Crippen molar-refractivity contribution < 1.29 is 4.74 Å². The third-order valence-corrected chi connectivity index (χ3v) is 5.50. The molecule has 1 aliphatic carbocycles. The maximum atomic E-state index is 12.3. The summed E-state index contributed by atoms with van der Waals surface area (Å²) < 4.78 is 7.79. The zero-order chi connectivity index (χ0) is 16.5. The Morgan fingerprint density at radius 3 is 2.62 bits per heavy atom. The lowest BCUT2D eigenvalue weighted by Crippen LogP contribution is -2.46. The molecule has 2 fully saturated rings. The molecule has 0 spiro atoms. The molecule has 0 radical (unpaired) electrons. The van der Waals surface area contributed by atoms with Crippen molar-refractivity contribution in [2.75, 3.05) is 13.1 Å². The normalized spacial score (nSPS) is 20.2. The van der Waals surface area contributed by atoms with Gasteiger partial charge in [-0.15, -0.1) is 0 Å². The second kappa shape index (κ2) is 6.55. The Hall–Kier alpha value is -1.88. The molecule has 1 saturated carbocycles. The van der Waals surface area contributed by atoms with Gasteiger partial charge in [-0.3, -0.25) is 4.79 Å². The van der Waals surface area contributed by atoms with Crippen LogP contribution in [-0.4, -0.2) is 39.7 Å². The second-order valence-corrected chi connectivity index (χ2v) is 6.93. The van der Waals surface area contributed by atoms with Crippen molar-refractivity contribution in [3.63, 3.8) is 0 Å². The van der Waals surface area contributed by atoms with Crippen LogP contribution >= 0.6 is 0 Å². The van der Waals surface area contributed by atoms with E-state index in [0.717, 1.165) is 32.0 Å². The molecule has 0 atom stereocenters. The van der Waals surface area contributed by atoms with Crippen LogP contribution in [0.2, 0.25) is 0 Å². The molecule has 2 aliphatic rings. The summed E-state index contributed by atoms with van der Waals surface area (Å²) in [4.78, 5) is 19.4. The third-order valence-electron chi connectivity index (χ3n) is 5.50. The summed E-state index contributed by atoms with van der Waals surface area (Å²) in [5.74, 6) is 0.637. The molecule has 0 bridgehead atoms. The second-order valence-electron chi connectivity index (χ2n) is 6.93. The molecule has 0 aromatic carbocycles. The molecule has 1 saturated heterocycles. The minimum absolute atomic E-state index is 0.0165. The van der Waals surface area contributed by atoms with E-state index in [1.54, 1.807) is 10.8 Å². The predicted molar refractivity (Wildman–Crippen MR) is 94.5 cm³/mol. The van der Waals surface area contributed by atoms with Gasteiger partial charge in [-0.25, -0.2) is 4.98 Å². The number of fused-ring (bicyclic) bond motifs is 1. The maximum Gasteiger partial charge on any atom is 0.259 e. The van der Waals surface area contributed by atoms with Crippen molar-refractivity contribution in [3.8, 4) is 5.88 Å². The summed E-state index contributed by atoms with van der Waals surface area (Å²) in [5.41, 5.74) is 0.733. The molecule has 128 valence electrons. The monoisotopic (exact) mass is 327 g/mol. The van der Waals surface area contributed by atoms with Crippen molar-refractivity contribution in [2.24, 2.45) is 0 Å². The van der Waals surface area contributed by atoms with Crippen LogP contribution in [0.5, 0.6) is 5.88 Å². The van der Waals surface area contributed by atoms with E-state index in [2.05, 4.69) is 9.88 Å². The summed E-state index contributed by atoms with van der Waals surface area (Å²) in [6.45, 7) is 4.90. The standard InChI is InChI=1S/C19H25N3O2/c1-2-21-13-10-17-16(19(21)23)6-7-18(20-17)24-15-8-11-22(12-9-15)14-4-3-5-14/h6-7,10,13-15H,2-5,8-9,11-12H2,1H3. The molecular weight excluding hydrogens is 302 g/mol. The van der Waals surface area contributed by atoms with Gasteiger partial charge in [0.25, 0.3) is 5.56 Å². The van der Waals surface area contributed by atoms with Gasteiger partial charge < -0.3 is 14.2 Å². The Balaban J connectivity index is 1.44. The number of aryl methyl sites for hydroxylation is 1. The van der Waals surface area contributed by atoms with Gasteiger partial charge in [0.1, 0.15) is 6.10 Å². The average molecular weight is 327 g/mol. The SMILES string of the molecule is CCn1ccc2nc(OC3CCN(C4CCC4)CC3)ccc2c1=O. The zero-order valence-corrected chi connectivity index (χ0v) is 14.3. The Bertz CT molecular complexity index is 774. The highest BCUT2D eigenvalue weighted by molar-refractivity contribution is 5.77. The topological polar surface area (TPSA) is 47.4 Å². The molecule has 2 aromatic heterocycles. The fourth-order valence-corrected chi connectivity index (χ4v) is 3.74. The maximum absolute atomic E-state index is 12.3. The summed E-state index contributed by atoms with van der Waals surface area (Å²) in [7, 11) is 0. The van der Waals surface area contributed by atoms with Crippen LogP contribution in [0.4, 0.5) is 0 Å². The molecule has 4 rings (SSSR count). The van der Waals surface area contributed by atoms with Crippen LogP contribution in [0, 0.1) is 0 Å². The molecule has 0 unspecified atom stereocenters. The van der Waals surface area contributed by atoms with Gasteiger partial charge in [0.15, 0.2) is 0 Å². The Morgan fingerprint density at radius 1 is 1.17 bits per heavy atom. The van der Waals surface area contributed by atoms with Crippen LogP contribution in [0.3, 0.4) is 0 Å². The van der Waals surface area contributed by atoms with Crippen molar-refractivity contribution >= 4 is 10.9 Å². The lowest BCUT2D eigenvalue weighted by atomic mass is 9.90. The Labute approximate surface area is 142 Å². The largest absolute Gasteiger partial charge is 0.474 e. The van der Waals surface area contributed by atoms with Crippen molar-refractivity contribution in [1.82, 2.24) is 14.5 Å². The molecular formula is C19H25N3O2. The highest BCUT2D eigenvalue weighted by atomic mass is 16.5. The van der Waals surface area contributed by atoms with Gasteiger partial charge in [0, 0.05) is 37.9 Å². The lowest BCUT2D eigenvalue weighted by molar-refractivity contribution is 0.0476. The number of nitrogens with zero attached hydrogens (tertiary/aromatic N) is 3. The summed E-state index contributed by atoms with van der Waals surface area (Å²) in [6.07, 6.45) is 8.30.